The molecule has 1 unspecified atom stereocenters. The first kappa shape index (κ1) is 13.1. The van der Waals surface area contributed by atoms with Gasteiger partial charge < -0.3 is 15.6 Å². The highest BCUT2D eigenvalue weighted by molar-refractivity contribution is 5.98. The smallest absolute Gasteiger partial charge is 0.255 e. The van der Waals surface area contributed by atoms with E-state index in [0.29, 0.717) is 11.4 Å². The normalized spacial score (nSPS) is 11.9. The molecule has 3 N–H and O–H groups in total. The summed E-state index contributed by atoms with van der Waals surface area (Å²) in [7, 11) is 1.74. The van der Waals surface area contributed by atoms with Crippen molar-refractivity contribution in [1.82, 2.24) is 20.3 Å². The maximum absolute atomic E-state index is 12.3. The van der Waals surface area contributed by atoms with Crippen LogP contribution in [-0.4, -0.2) is 27.9 Å². The third-order valence-electron chi connectivity index (χ3n) is 2.85. The molecule has 2 aromatic rings. The third kappa shape index (κ3) is 2.90. The lowest BCUT2D eigenvalue weighted by atomic mass is 10.1. The lowest BCUT2D eigenvalue weighted by Gasteiger charge is -2.15. The van der Waals surface area contributed by atoms with Gasteiger partial charge in [0.25, 0.3) is 5.91 Å². The van der Waals surface area contributed by atoms with Gasteiger partial charge in [0.1, 0.15) is 11.6 Å². The number of imidazole rings is 1. The Bertz CT molecular complexity index is 538. The van der Waals surface area contributed by atoms with Crippen LogP contribution in [0.3, 0.4) is 0 Å². The molecule has 0 aliphatic carbocycles. The Morgan fingerprint density at radius 1 is 1.42 bits per heavy atom. The lowest BCUT2D eigenvalue weighted by Crippen LogP contribution is -2.29. The van der Waals surface area contributed by atoms with Gasteiger partial charge in [-0.25, -0.2) is 9.97 Å². The number of anilines is 1. The molecule has 6 nitrogen and oxygen atoms in total. The summed E-state index contributed by atoms with van der Waals surface area (Å²) in [6.45, 7) is 2.00. The molecule has 0 aromatic carbocycles. The van der Waals surface area contributed by atoms with Crippen LogP contribution in [0, 0.1) is 0 Å². The van der Waals surface area contributed by atoms with Crippen LogP contribution in [0.25, 0.3) is 0 Å². The summed E-state index contributed by atoms with van der Waals surface area (Å²) in [5.41, 5.74) is 0.523. The fraction of sp³-hybridized carbons (Fsp3) is 0.308. The van der Waals surface area contributed by atoms with Crippen LogP contribution < -0.4 is 10.6 Å². The van der Waals surface area contributed by atoms with Gasteiger partial charge in [-0.05, 0) is 18.6 Å². The van der Waals surface area contributed by atoms with Crippen LogP contribution in [0.15, 0.2) is 30.7 Å². The quantitative estimate of drug-likeness (QED) is 0.763. The Morgan fingerprint density at radius 2 is 2.26 bits per heavy atom. The number of H-pyrrole nitrogens is 1. The molecule has 0 spiro atoms. The maximum Gasteiger partial charge on any atom is 0.255 e. The maximum atomic E-state index is 12.3. The highest BCUT2D eigenvalue weighted by Crippen LogP contribution is 2.15. The largest absolute Gasteiger partial charge is 0.372 e. The highest BCUT2D eigenvalue weighted by atomic mass is 16.1. The number of carbonyl (C=O) groups is 1. The molecule has 6 heteroatoms. The van der Waals surface area contributed by atoms with E-state index in [2.05, 4.69) is 25.6 Å². The van der Waals surface area contributed by atoms with E-state index in [1.54, 1.807) is 37.8 Å². The van der Waals surface area contributed by atoms with Gasteiger partial charge in [-0.2, -0.15) is 0 Å². The second kappa shape index (κ2) is 5.99. The average molecular weight is 259 g/mol. The average Bonchev–Trinajstić information content (AvgIpc) is 2.98. The summed E-state index contributed by atoms with van der Waals surface area (Å²) in [4.78, 5) is 23.6. The van der Waals surface area contributed by atoms with Crippen molar-refractivity contribution in [3.63, 3.8) is 0 Å². The van der Waals surface area contributed by atoms with E-state index in [0.717, 1.165) is 12.2 Å². The molecule has 2 aromatic heterocycles. The number of amides is 1. The number of aromatic amines is 1. The molecule has 2 heterocycles. The van der Waals surface area contributed by atoms with E-state index < -0.39 is 0 Å². The molecule has 0 bridgehead atoms. The standard InChI is InChI=1S/C13H17N5O/c1-3-10(12-16-7-8-17-12)18-13(19)9-5-4-6-15-11(9)14-2/h4-8,10H,3H2,1-2H3,(H,14,15)(H,16,17)(H,18,19). The summed E-state index contributed by atoms with van der Waals surface area (Å²) in [5, 5.41) is 5.85. The van der Waals surface area contributed by atoms with Gasteiger partial charge in [0.05, 0.1) is 11.6 Å². The predicted octanol–water partition coefficient (Wildman–Crippen LogP) is 1.73. The molecule has 0 radical (unpaired) electrons. The molecule has 1 amide bonds. The Hall–Kier alpha value is -2.37. The van der Waals surface area contributed by atoms with Crippen LogP contribution in [-0.2, 0) is 0 Å². The summed E-state index contributed by atoms with van der Waals surface area (Å²) in [5.74, 6) is 1.15. The summed E-state index contributed by atoms with van der Waals surface area (Å²) < 4.78 is 0. The first-order chi connectivity index (χ1) is 9.26. The van der Waals surface area contributed by atoms with Gasteiger partial charge >= 0.3 is 0 Å². The molecule has 0 aliphatic heterocycles. The number of nitrogens with one attached hydrogen (secondary N) is 3. The predicted molar refractivity (Wildman–Crippen MR) is 72.9 cm³/mol. The lowest BCUT2D eigenvalue weighted by molar-refractivity contribution is 0.0934. The van der Waals surface area contributed by atoms with E-state index >= 15 is 0 Å². The fourth-order valence-electron chi connectivity index (χ4n) is 1.86. The molecule has 0 fully saturated rings. The van der Waals surface area contributed by atoms with Crippen LogP contribution in [0.1, 0.15) is 35.6 Å². The Labute approximate surface area is 111 Å². The zero-order valence-corrected chi connectivity index (χ0v) is 11.0. The van der Waals surface area contributed by atoms with Crippen LogP contribution in [0.2, 0.25) is 0 Å². The van der Waals surface area contributed by atoms with E-state index in [9.17, 15) is 4.79 Å². The topological polar surface area (TPSA) is 82.7 Å². The molecule has 1 atom stereocenters. The van der Waals surface area contributed by atoms with Gasteiger partial charge in [0, 0.05) is 25.6 Å². The Balaban J connectivity index is 2.16. The van der Waals surface area contributed by atoms with Crippen molar-refractivity contribution in [1.29, 1.82) is 0 Å². The third-order valence-corrected chi connectivity index (χ3v) is 2.85. The van der Waals surface area contributed by atoms with Crippen molar-refractivity contribution in [3.8, 4) is 0 Å². The van der Waals surface area contributed by atoms with Gasteiger partial charge in [-0.3, -0.25) is 4.79 Å². The van der Waals surface area contributed by atoms with Gasteiger partial charge in [0.2, 0.25) is 0 Å². The van der Waals surface area contributed by atoms with Crippen LogP contribution >= 0.6 is 0 Å². The van der Waals surface area contributed by atoms with Crippen molar-refractivity contribution >= 4 is 11.7 Å². The molecule has 0 saturated heterocycles. The molecule has 100 valence electrons. The van der Waals surface area contributed by atoms with Crippen LogP contribution in [0.5, 0.6) is 0 Å². The van der Waals surface area contributed by atoms with Crippen molar-refractivity contribution in [2.45, 2.75) is 19.4 Å². The van der Waals surface area contributed by atoms with Crippen molar-refractivity contribution in [2.24, 2.45) is 0 Å². The molecular weight excluding hydrogens is 242 g/mol. The van der Waals surface area contributed by atoms with E-state index in [4.69, 9.17) is 0 Å². The number of aromatic nitrogens is 3. The molecule has 0 aliphatic rings. The second-order valence-electron chi connectivity index (χ2n) is 4.06. The van der Waals surface area contributed by atoms with E-state index in [1.165, 1.54) is 0 Å². The zero-order chi connectivity index (χ0) is 13.7. The highest BCUT2D eigenvalue weighted by Gasteiger charge is 2.18. The van der Waals surface area contributed by atoms with Gasteiger partial charge in [0.15, 0.2) is 0 Å². The summed E-state index contributed by atoms with van der Waals surface area (Å²) in [6.07, 6.45) is 5.82. The van der Waals surface area contributed by atoms with Gasteiger partial charge in [-0.1, -0.05) is 6.92 Å². The Morgan fingerprint density at radius 3 is 2.89 bits per heavy atom. The number of hydrogen-bond acceptors (Lipinski definition) is 4. The molecule has 19 heavy (non-hydrogen) atoms. The number of carbonyl (C=O) groups excluding carboxylic acids is 1. The minimum atomic E-state index is -0.166. The van der Waals surface area contributed by atoms with E-state index in [-0.39, 0.29) is 11.9 Å². The number of pyridine rings is 1. The molecular formula is C13H17N5O. The molecule has 2 rings (SSSR count). The second-order valence-corrected chi connectivity index (χ2v) is 4.06. The molecule has 0 saturated carbocycles. The van der Waals surface area contributed by atoms with Crippen molar-refractivity contribution in [3.05, 3.63) is 42.1 Å². The van der Waals surface area contributed by atoms with E-state index in [1.807, 2.05) is 6.92 Å². The van der Waals surface area contributed by atoms with Crippen molar-refractivity contribution in [2.75, 3.05) is 12.4 Å². The zero-order valence-electron chi connectivity index (χ0n) is 11.0. The number of hydrogen-bond donors (Lipinski definition) is 3. The van der Waals surface area contributed by atoms with Crippen LogP contribution in [0.4, 0.5) is 5.82 Å². The summed E-state index contributed by atoms with van der Waals surface area (Å²) in [6, 6.07) is 3.35. The Kier molecular flexibility index (Phi) is 4.12. The monoisotopic (exact) mass is 259 g/mol. The minimum Gasteiger partial charge on any atom is -0.372 e. The first-order valence-electron chi connectivity index (χ1n) is 6.19. The van der Waals surface area contributed by atoms with Gasteiger partial charge in [-0.15, -0.1) is 0 Å². The number of rotatable bonds is 5. The summed E-state index contributed by atoms with van der Waals surface area (Å²) >= 11 is 0. The first-order valence-corrected chi connectivity index (χ1v) is 6.19. The van der Waals surface area contributed by atoms with Crippen molar-refractivity contribution < 1.29 is 4.79 Å². The SMILES string of the molecule is CCC(NC(=O)c1cccnc1NC)c1ncc[nH]1. The number of nitrogens with zero attached hydrogens (tertiary/aromatic N) is 2. The minimum absolute atomic E-state index is 0.132. The fourth-order valence-corrected chi connectivity index (χ4v) is 1.86.